The minimum Gasteiger partial charge on any atom is -0.489 e. The summed E-state index contributed by atoms with van der Waals surface area (Å²) >= 11 is 0. The van der Waals surface area contributed by atoms with Crippen molar-refractivity contribution >= 4 is 0 Å². The fourth-order valence-electron chi connectivity index (χ4n) is 2.66. The van der Waals surface area contributed by atoms with Crippen LogP contribution in [0.15, 0.2) is 72.8 Å². The van der Waals surface area contributed by atoms with Crippen molar-refractivity contribution in [1.29, 1.82) is 0 Å². The monoisotopic (exact) mass is 302 g/mol. The van der Waals surface area contributed by atoms with E-state index in [-0.39, 0.29) is 0 Å². The van der Waals surface area contributed by atoms with Crippen LogP contribution in [0.5, 0.6) is 5.75 Å². The minimum absolute atomic E-state index is 0.607. The number of para-hydroxylation sites is 1. The van der Waals surface area contributed by atoms with Crippen molar-refractivity contribution in [2.24, 2.45) is 0 Å². The number of ether oxygens (including phenoxy) is 1. The lowest BCUT2D eigenvalue weighted by atomic mass is 10.00. The highest BCUT2D eigenvalue weighted by molar-refractivity contribution is 5.34. The first-order valence-corrected chi connectivity index (χ1v) is 8.03. The summed E-state index contributed by atoms with van der Waals surface area (Å²) in [5, 5.41) is 0. The largest absolute Gasteiger partial charge is 0.489 e. The van der Waals surface area contributed by atoms with Crippen LogP contribution in [0.2, 0.25) is 0 Å². The zero-order chi connectivity index (χ0) is 16.1. The molecule has 23 heavy (non-hydrogen) atoms. The first-order valence-electron chi connectivity index (χ1n) is 8.03. The first kappa shape index (κ1) is 15.4. The van der Waals surface area contributed by atoms with E-state index in [0.29, 0.717) is 6.61 Å². The Kier molecular flexibility index (Phi) is 4.77. The Labute approximate surface area is 138 Å². The van der Waals surface area contributed by atoms with Crippen LogP contribution >= 0.6 is 0 Å². The standard InChI is InChI=1S/C22H22O/c1-17-7-3-5-9-21(17)15-19-11-13-20(14-12-19)16-23-22-10-6-4-8-18(22)2/h3-14H,15-16H2,1-2H3. The molecule has 116 valence electrons. The molecule has 0 fully saturated rings. The lowest BCUT2D eigenvalue weighted by Gasteiger charge is -2.10. The predicted octanol–water partition coefficient (Wildman–Crippen LogP) is 5.47. The number of hydrogen-bond acceptors (Lipinski definition) is 1. The van der Waals surface area contributed by atoms with E-state index in [9.17, 15) is 0 Å². The van der Waals surface area contributed by atoms with E-state index in [1.807, 2.05) is 18.2 Å². The highest BCUT2D eigenvalue weighted by atomic mass is 16.5. The van der Waals surface area contributed by atoms with Gasteiger partial charge in [0.05, 0.1) is 0 Å². The fourth-order valence-corrected chi connectivity index (χ4v) is 2.66. The Hall–Kier alpha value is -2.54. The van der Waals surface area contributed by atoms with Crippen LogP contribution in [0.25, 0.3) is 0 Å². The molecule has 3 rings (SSSR count). The summed E-state index contributed by atoms with van der Waals surface area (Å²) in [6.45, 7) is 4.84. The molecule has 0 heterocycles. The molecule has 0 amide bonds. The van der Waals surface area contributed by atoms with Crippen LogP contribution in [0.4, 0.5) is 0 Å². The van der Waals surface area contributed by atoms with Crippen LogP contribution < -0.4 is 4.74 Å². The number of rotatable bonds is 5. The molecule has 0 aromatic heterocycles. The molecule has 0 bridgehead atoms. The van der Waals surface area contributed by atoms with Crippen LogP contribution in [0.1, 0.15) is 27.8 Å². The van der Waals surface area contributed by atoms with Gasteiger partial charge in [0.1, 0.15) is 12.4 Å². The van der Waals surface area contributed by atoms with Crippen LogP contribution in [-0.2, 0) is 13.0 Å². The van der Waals surface area contributed by atoms with Gasteiger partial charge in [-0.15, -0.1) is 0 Å². The van der Waals surface area contributed by atoms with Gasteiger partial charge in [0, 0.05) is 0 Å². The summed E-state index contributed by atoms with van der Waals surface area (Å²) < 4.78 is 5.90. The zero-order valence-electron chi connectivity index (χ0n) is 13.8. The van der Waals surface area contributed by atoms with Gasteiger partial charge in [0.2, 0.25) is 0 Å². The molecule has 0 spiro atoms. The van der Waals surface area contributed by atoms with E-state index in [0.717, 1.165) is 12.2 Å². The SMILES string of the molecule is Cc1ccccc1Cc1ccc(COc2ccccc2C)cc1. The lowest BCUT2D eigenvalue weighted by Crippen LogP contribution is -1.97. The molecule has 0 aliphatic rings. The second-order valence-corrected chi connectivity index (χ2v) is 5.97. The summed E-state index contributed by atoms with van der Waals surface area (Å²) in [6.07, 6.45) is 0.978. The third-order valence-electron chi connectivity index (χ3n) is 4.17. The molecule has 0 atom stereocenters. The van der Waals surface area contributed by atoms with E-state index in [2.05, 4.69) is 68.4 Å². The topological polar surface area (TPSA) is 9.23 Å². The van der Waals surface area contributed by atoms with Crippen molar-refractivity contribution in [3.05, 3.63) is 101 Å². The smallest absolute Gasteiger partial charge is 0.122 e. The Morgan fingerprint density at radius 2 is 1.26 bits per heavy atom. The van der Waals surface area contributed by atoms with Crippen LogP contribution in [-0.4, -0.2) is 0 Å². The second kappa shape index (κ2) is 7.15. The molecule has 3 aromatic carbocycles. The summed E-state index contributed by atoms with van der Waals surface area (Å²) in [4.78, 5) is 0. The third-order valence-corrected chi connectivity index (χ3v) is 4.17. The molecule has 0 N–H and O–H groups in total. The number of benzene rings is 3. The van der Waals surface area contributed by atoms with Crippen LogP contribution in [0.3, 0.4) is 0 Å². The van der Waals surface area contributed by atoms with Gasteiger partial charge in [0.15, 0.2) is 0 Å². The van der Waals surface area contributed by atoms with Crippen molar-refractivity contribution in [2.45, 2.75) is 26.9 Å². The molecule has 0 aliphatic heterocycles. The average molecular weight is 302 g/mol. The van der Waals surface area contributed by atoms with Crippen molar-refractivity contribution in [2.75, 3.05) is 0 Å². The number of hydrogen-bond donors (Lipinski definition) is 0. The maximum Gasteiger partial charge on any atom is 0.122 e. The van der Waals surface area contributed by atoms with Crippen LogP contribution in [0, 0.1) is 13.8 Å². The Morgan fingerprint density at radius 3 is 1.96 bits per heavy atom. The normalized spacial score (nSPS) is 10.5. The molecule has 0 radical (unpaired) electrons. The highest BCUT2D eigenvalue weighted by Gasteiger charge is 2.02. The van der Waals surface area contributed by atoms with Gasteiger partial charge < -0.3 is 4.74 Å². The Balaban J connectivity index is 1.63. The summed E-state index contributed by atoms with van der Waals surface area (Å²) in [6, 6.07) is 25.4. The number of aryl methyl sites for hydroxylation is 2. The molecule has 0 unspecified atom stereocenters. The Bertz CT molecular complexity index is 772. The molecule has 0 saturated carbocycles. The minimum atomic E-state index is 0.607. The maximum absolute atomic E-state index is 5.90. The third kappa shape index (κ3) is 4.01. The quantitative estimate of drug-likeness (QED) is 0.607. The van der Waals surface area contributed by atoms with Gasteiger partial charge in [-0.1, -0.05) is 66.7 Å². The second-order valence-electron chi connectivity index (χ2n) is 5.97. The highest BCUT2D eigenvalue weighted by Crippen LogP contribution is 2.19. The summed E-state index contributed by atoms with van der Waals surface area (Å²) in [7, 11) is 0. The van der Waals surface area contributed by atoms with Crippen molar-refractivity contribution in [3.8, 4) is 5.75 Å². The molecule has 1 nitrogen and oxygen atoms in total. The Morgan fingerprint density at radius 1 is 0.652 bits per heavy atom. The summed E-state index contributed by atoms with van der Waals surface area (Å²) in [5.41, 5.74) is 6.43. The molecule has 0 aliphatic carbocycles. The predicted molar refractivity (Wildman–Crippen MR) is 95.9 cm³/mol. The van der Waals surface area contributed by atoms with E-state index >= 15 is 0 Å². The average Bonchev–Trinajstić information content (AvgIpc) is 2.57. The molecular formula is C22H22O. The summed E-state index contributed by atoms with van der Waals surface area (Å²) in [5.74, 6) is 0.955. The zero-order valence-corrected chi connectivity index (χ0v) is 13.8. The van der Waals surface area contributed by atoms with Gasteiger partial charge in [-0.2, -0.15) is 0 Å². The van der Waals surface area contributed by atoms with E-state index in [1.165, 1.54) is 27.8 Å². The van der Waals surface area contributed by atoms with Crippen molar-refractivity contribution in [1.82, 2.24) is 0 Å². The molecule has 1 heteroatoms. The fraction of sp³-hybridized carbons (Fsp3) is 0.182. The van der Waals surface area contributed by atoms with Gasteiger partial charge in [-0.3, -0.25) is 0 Å². The van der Waals surface area contributed by atoms with Gasteiger partial charge in [0.25, 0.3) is 0 Å². The van der Waals surface area contributed by atoms with Gasteiger partial charge in [-0.25, -0.2) is 0 Å². The van der Waals surface area contributed by atoms with Crippen molar-refractivity contribution < 1.29 is 4.74 Å². The van der Waals surface area contributed by atoms with Gasteiger partial charge in [-0.05, 0) is 54.2 Å². The van der Waals surface area contributed by atoms with Crippen molar-refractivity contribution in [3.63, 3.8) is 0 Å². The van der Waals surface area contributed by atoms with E-state index < -0.39 is 0 Å². The lowest BCUT2D eigenvalue weighted by molar-refractivity contribution is 0.304. The molecule has 0 saturated heterocycles. The van der Waals surface area contributed by atoms with E-state index in [1.54, 1.807) is 0 Å². The molecular weight excluding hydrogens is 280 g/mol. The van der Waals surface area contributed by atoms with E-state index in [4.69, 9.17) is 4.74 Å². The molecule has 3 aromatic rings. The maximum atomic E-state index is 5.90. The van der Waals surface area contributed by atoms with Gasteiger partial charge >= 0.3 is 0 Å². The first-order chi connectivity index (χ1) is 11.2.